The summed E-state index contributed by atoms with van der Waals surface area (Å²) in [5, 5.41) is 16.2. The number of amides is 1. The number of sulfone groups is 1. The minimum Gasteiger partial charge on any atom is -0.506 e. The lowest BCUT2D eigenvalue weighted by Crippen LogP contribution is -2.13. The molecule has 2 aromatic carbocycles. The summed E-state index contributed by atoms with van der Waals surface area (Å²) in [6.45, 7) is 3.31. The number of hydrogen-bond donors (Lipinski definition) is 2. The molecule has 2 N–H and O–H groups in total. The first kappa shape index (κ1) is 20.3. The maximum absolute atomic E-state index is 12.4. The first-order chi connectivity index (χ1) is 13.8. The molecule has 152 valence electrons. The summed E-state index contributed by atoms with van der Waals surface area (Å²) in [6, 6.07) is 10.0. The standard InChI is InChI=1S/C19H19N3O6S/c1-3-29(25,26)15-8-9-17(23)16(10-15)21-19(24)13-4-6-14(7-5-13)27-11-18-20-12(2)28-22-18/h4-10,23H,3,11H2,1-2H3,(H,21,24). The van der Waals surface area contributed by atoms with E-state index in [0.29, 0.717) is 23.0 Å². The van der Waals surface area contributed by atoms with Crippen molar-refractivity contribution >= 4 is 21.4 Å². The second-order valence-corrected chi connectivity index (χ2v) is 8.36. The molecule has 9 nitrogen and oxygen atoms in total. The topological polar surface area (TPSA) is 132 Å². The number of aryl methyl sites for hydroxylation is 1. The van der Waals surface area contributed by atoms with Crippen molar-refractivity contribution in [3.63, 3.8) is 0 Å². The highest BCUT2D eigenvalue weighted by molar-refractivity contribution is 7.91. The number of aromatic nitrogens is 2. The number of ether oxygens (including phenoxy) is 1. The van der Waals surface area contributed by atoms with Gasteiger partial charge in [-0.05, 0) is 42.5 Å². The first-order valence-electron chi connectivity index (χ1n) is 8.67. The number of carbonyl (C=O) groups is 1. The van der Waals surface area contributed by atoms with Gasteiger partial charge in [0.25, 0.3) is 5.91 Å². The van der Waals surface area contributed by atoms with E-state index in [4.69, 9.17) is 9.26 Å². The minimum absolute atomic E-state index is 0.0114. The van der Waals surface area contributed by atoms with Gasteiger partial charge in [-0.15, -0.1) is 0 Å². The lowest BCUT2D eigenvalue weighted by Gasteiger charge is -2.10. The molecule has 0 fully saturated rings. The van der Waals surface area contributed by atoms with Gasteiger partial charge in [-0.1, -0.05) is 12.1 Å². The van der Waals surface area contributed by atoms with E-state index in [9.17, 15) is 18.3 Å². The molecule has 1 amide bonds. The van der Waals surface area contributed by atoms with E-state index >= 15 is 0 Å². The Labute approximate surface area is 167 Å². The Balaban J connectivity index is 1.68. The molecule has 0 atom stereocenters. The zero-order valence-corrected chi connectivity index (χ0v) is 16.6. The molecule has 0 bridgehead atoms. The van der Waals surface area contributed by atoms with Crippen LogP contribution in [-0.4, -0.2) is 35.3 Å². The Kier molecular flexibility index (Phi) is 5.83. The average molecular weight is 417 g/mol. The van der Waals surface area contributed by atoms with Gasteiger partial charge in [0.15, 0.2) is 16.4 Å². The van der Waals surface area contributed by atoms with E-state index in [1.165, 1.54) is 37.3 Å². The van der Waals surface area contributed by atoms with E-state index in [1.807, 2.05) is 0 Å². The highest BCUT2D eigenvalue weighted by Gasteiger charge is 2.16. The van der Waals surface area contributed by atoms with Gasteiger partial charge in [-0.2, -0.15) is 4.98 Å². The number of hydrogen-bond acceptors (Lipinski definition) is 8. The summed E-state index contributed by atoms with van der Waals surface area (Å²) >= 11 is 0. The maximum atomic E-state index is 12.4. The molecule has 0 saturated carbocycles. The zero-order chi connectivity index (χ0) is 21.0. The van der Waals surface area contributed by atoms with E-state index in [1.54, 1.807) is 19.1 Å². The fourth-order valence-corrected chi connectivity index (χ4v) is 3.33. The number of phenolic OH excluding ortho intramolecular Hbond substituents is 1. The van der Waals surface area contributed by atoms with Crippen molar-refractivity contribution < 1.29 is 27.6 Å². The molecule has 0 aliphatic carbocycles. The number of nitrogens with one attached hydrogen (secondary N) is 1. The van der Waals surface area contributed by atoms with Gasteiger partial charge < -0.3 is 19.7 Å². The molecule has 0 aliphatic rings. The summed E-state index contributed by atoms with van der Waals surface area (Å²) in [7, 11) is -3.47. The third-order valence-corrected chi connectivity index (χ3v) is 5.74. The fraction of sp³-hybridized carbons (Fsp3) is 0.211. The Bertz CT molecular complexity index is 1120. The van der Waals surface area contributed by atoms with Crippen LogP contribution >= 0.6 is 0 Å². The van der Waals surface area contributed by atoms with Crippen molar-refractivity contribution in [2.24, 2.45) is 0 Å². The number of phenols is 1. The van der Waals surface area contributed by atoms with Crippen LogP contribution in [0.3, 0.4) is 0 Å². The highest BCUT2D eigenvalue weighted by Crippen LogP contribution is 2.27. The Morgan fingerprint density at radius 3 is 2.55 bits per heavy atom. The second-order valence-electron chi connectivity index (χ2n) is 6.08. The first-order valence-corrected chi connectivity index (χ1v) is 10.3. The van der Waals surface area contributed by atoms with E-state index in [2.05, 4.69) is 15.5 Å². The number of carbonyl (C=O) groups excluding carboxylic acids is 1. The van der Waals surface area contributed by atoms with Crippen LogP contribution in [0.15, 0.2) is 51.9 Å². The highest BCUT2D eigenvalue weighted by atomic mass is 32.2. The quantitative estimate of drug-likeness (QED) is 0.561. The number of aromatic hydroxyl groups is 1. The molecule has 0 radical (unpaired) electrons. The van der Waals surface area contributed by atoms with Gasteiger partial charge >= 0.3 is 0 Å². The minimum atomic E-state index is -3.47. The van der Waals surface area contributed by atoms with Gasteiger partial charge in [0.05, 0.1) is 16.3 Å². The lowest BCUT2D eigenvalue weighted by molar-refractivity contribution is 0.102. The van der Waals surface area contributed by atoms with Crippen LogP contribution in [0.4, 0.5) is 5.69 Å². The summed E-state index contributed by atoms with van der Waals surface area (Å²) in [4.78, 5) is 16.5. The van der Waals surface area contributed by atoms with Crippen LogP contribution in [0.25, 0.3) is 0 Å². The zero-order valence-electron chi connectivity index (χ0n) is 15.7. The van der Waals surface area contributed by atoms with Crippen molar-refractivity contribution in [3.8, 4) is 11.5 Å². The molecular formula is C19H19N3O6S. The monoisotopic (exact) mass is 417 g/mol. The third-order valence-electron chi connectivity index (χ3n) is 4.01. The second kappa shape index (κ2) is 8.31. The van der Waals surface area contributed by atoms with Crippen molar-refractivity contribution in [1.82, 2.24) is 10.1 Å². The molecule has 3 rings (SSSR count). The SMILES string of the molecule is CCS(=O)(=O)c1ccc(O)c(NC(=O)c2ccc(OCc3noc(C)n3)cc2)c1. The number of benzene rings is 2. The molecule has 3 aromatic rings. The Hall–Kier alpha value is -3.40. The summed E-state index contributed by atoms with van der Waals surface area (Å²) < 4.78 is 34.4. The molecule has 0 unspecified atom stereocenters. The molecular weight excluding hydrogens is 398 g/mol. The van der Waals surface area contributed by atoms with Crippen molar-refractivity contribution in [1.29, 1.82) is 0 Å². The Morgan fingerprint density at radius 2 is 1.93 bits per heavy atom. The number of rotatable bonds is 7. The van der Waals surface area contributed by atoms with Gasteiger partial charge in [0, 0.05) is 12.5 Å². The van der Waals surface area contributed by atoms with Crippen molar-refractivity contribution in [2.45, 2.75) is 25.3 Å². The summed E-state index contributed by atoms with van der Waals surface area (Å²) in [5.74, 6) is 0.519. The van der Waals surface area contributed by atoms with Crippen LogP contribution in [0.1, 0.15) is 29.0 Å². The van der Waals surface area contributed by atoms with Crippen LogP contribution < -0.4 is 10.1 Å². The maximum Gasteiger partial charge on any atom is 0.255 e. The van der Waals surface area contributed by atoms with Gasteiger partial charge in [0.1, 0.15) is 11.5 Å². The van der Waals surface area contributed by atoms with Crippen LogP contribution in [0.5, 0.6) is 11.5 Å². The van der Waals surface area contributed by atoms with Crippen molar-refractivity contribution in [3.05, 3.63) is 59.7 Å². The van der Waals surface area contributed by atoms with Gasteiger partial charge in [0.2, 0.25) is 11.7 Å². The number of nitrogens with zero attached hydrogens (tertiary/aromatic N) is 2. The van der Waals surface area contributed by atoms with E-state index < -0.39 is 15.7 Å². The Morgan fingerprint density at radius 1 is 1.21 bits per heavy atom. The molecule has 10 heteroatoms. The lowest BCUT2D eigenvalue weighted by atomic mass is 10.2. The van der Waals surface area contributed by atoms with Crippen LogP contribution in [0.2, 0.25) is 0 Å². The summed E-state index contributed by atoms with van der Waals surface area (Å²) in [6.07, 6.45) is 0. The molecule has 0 saturated heterocycles. The fourth-order valence-electron chi connectivity index (χ4n) is 2.42. The summed E-state index contributed by atoms with van der Waals surface area (Å²) in [5.41, 5.74) is 0.313. The third kappa shape index (κ3) is 4.91. The number of anilines is 1. The normalized spacial score (nSPS) is 11.2. The van der Waals surface area contributed by atoms with Gasteiger partial charge in [-0.3, -0.25) is 4.79 Å². The predicted molar refractivity (Wildman–Crippen MR) is 104 cm³/mol. The largest absolute Gasteiger partial charge is 0.506 e. The molecule has 1 aromatic heterocycles. The van der Waals surface area contributed by atoms with Crippen molar-refractivity contribution in [2.75, 3.05) is 11.1 Å². The van der Waals surface area contributed by atoms with E-state index in [0.717, 1.165) is 0 Å². The van der Waals surface area contributed by atoms with Gasteiger partial charge in [-0.25, -0.2) is 8.42 Å². The molecule has 29 heavy (non-hydrogen) atoms. The predicted octanol–water partition coefficient (Wildman–Crippen LogP) is 2.71. The van der Waals surface area contributed by atoms with Crippen LogP contribution in [-0.2, 0) is 16.4 Å². The molecule has 1 heterocycles. The van der Waals surface area contributed by atoms with Crippen LogP contribution in [0, 0.1) is 6.92 Å². The average Bonchev–Trinajstić information content (AvgIpc) is 3.13. The smallest absolute Gasteiger partial charge is 0.255 e. The molecule has 0 spiro atoms. The van der Waals surface area contributed by atoms with E-state index in [-0.39, 0.29) is 28.7 Å². The molecule has 0 aliphatic heterocycles.